The largest absolute Gasteiger partial charge is 0.460 e. The van der Waals surface area contributed by atoms with Crippen molar-refractivity contribution in [2.24, 2.45) is 39.9 Å². The number of hydrogen-bond acceptors (Lipinski definition) is 5. The third kappa shape index (κ3) is 2.72. The molecule has 2 bridgehead atoms. The van der Waals surface area contributed by atoms with Gasteiger partial charge in [-0.1, -0.05) is 40.7 Å². The number of carbonyl (C=O) groups excluding carboxylic acids is 2. The average Bonchev–Trinajstić information content (AvgIpc) is 2.94. The number of Topliss-reactive ketones (excluding diaryl/α,β-unsaturated/α-hetero) is 1. The highest BCUT2D eigenvalue weighted by atomic mass is 16.6. The average molecular weight is 393 g/mol. The molecular weight excluding hydrogens is 356 g/mol. The van der Waals surface area contributed by atoms with E-state index in [1.165, 1.54) is 0 Å². The van der Waals surface area contributed by atoms with E-state index in [0.717, 1.165) is 19.3 Å². The van der Waals surface area contributed by atoms with Crippen LogP contribution in [0, 0.1) is 39.9 Å². The quantitative estimate of drug-likeness (QED) is 0.569. The Hall–Kier alpha value is -1.20. The summed E-state index contributed by atoms with van der Waals surface area (Å²) in [5.41, 5.74) is -1.49. The molecule has 3 fully saturated rings. The Kier molecular flexibility index (Phi) is 5.33. The van der Waals surface area contributed by atoms with Gasteiger partial charge in [-0.25, -0.2) is 4.79 Å². The van der Waals surface area contributed by atoms with Gasteiger partial charge in [-0.2, -0.15) is 0 Å². The van der Waals surface area contributed by atoms with Gasteiger partial charge in [0.25, 0.3) is 0 Å². The monoisotopic (exact) mass is 392 g/mol. The molecule has 2 N–H and O–H groups in total. The molecule has 0 unspecified atom stereocenters. The van der Waals surface area contributed by atoms with Crippen LogP contribution in [0.25, 0.3) is 0 Å². The van der Waals surface area contributed by atoms with E-state index in [2.05, 4.69) is 27.4 Å². The van der Waals surface area contributed by atoms with Gasteiger partial charge in [0.1, 0.15) is 18.5 Å². The Bertz CT molecular complexity index is 674. The number of esters is 1. The minimum Gasteiger partial charge on any atom is -0.460 e. The molecule has 0 radical (unpaired) electrons. The van der Waals surface area contributed by atoms with E-state index in [1.54, 1.807) is 6.08 Å². The Morgan fingerprint density at radius 3 is 2.50 bits per heavy atom. The Balaban J connectivity index is 2.24. The molecule has 0 aliphatic heterocycles. The number of rotatable bonds is 3. The molecule has 3 rings (SSSR count). The molecule has 0 amide bonds. The summed E-state index contributed by atoms with van der Waals surface area (Å²) in [5, 5.41) is 20.7. The van der Waals surface area contributed by atoms with Gasteiger partial charge in [0, 0.05) is 22.7 Å². The first kappa shape index (κ1) is 21.5. The van der Waals surface area contributed by atoms with E-state index < -0.39 is 35.6 Å². The number of ketones is 1. The van der Waals surface area contributed by atoms with Gasteiger partial charge in [-0.3, -0.25) is 4.79 Å². The third-order valence-electron chi connectivity index (χ3n) is 9.00. The minimum atomic E-state index is -0.690. The van der Waals surface area contributed by atoms with Crippen LogP contribution in [-0.2, 0) is 14.3 Å². The maximum absolute atomic E-state index is 13.5. The molecule has 28 heavy (non-hydrogen) atoms. The van der Waals surface area contributed by atoms with E-state index in [1.807, 2.05) is 13.8 Å². The topological polar surface area (TPSA) is 83.8 Å². The first-order chi connectivity index (χ1) is 13.0. The first-order valence-electron chi connectivity index (χ1n) is 10.6. The van der Waals surface area contributed by atoms with Crippen molar-refractivity contribution in [2.75, 3.05) is 6.61 Å². The minimum absolute atomic E-state index is 0.0595. The summed E-state index contributed by atoms with van der Waals surface area (Å²) in [6.07, 6.45) is 3.52. The number of carbonyl (C=O) groups is 2. The number of ether oxygens (including phenoxy) is 1. The molecule has 0 heterocycles. The molecule has 0 saturated heterocycles. The summed E-state index contributed by atoms with van der Waals surface area (Å²) >= 11 is 0. The second kappa shape index (κ2) is 6.94. The summed E-state index contributed by atoms with van der Waals surface area (Å²) in [6, 6.07) is 0. The molecule has 3 aliphatic rings. The lowest BCUT2D eigenvalue weighted by Crippen LogP contribution is -2.63. The highest BCUT2D eigenvalue weighted by Crippen LogP contribution is 2.68. The van der Waals surface area contributed by atoms with Crippen LogP contribution in [0.5, 0.6) is 0 Å². The van der Waals surface area contributed by atoms with Gasteiger partial charge in [-0.15, -0.1) is 6.58 Å². The molecule has 5 heteroatoms. The lowest BCUT2D eigenvalue weighted by atomic mass is 9.44. The van der Waals surface area contributed by atoms with Crippen molar-refractivity contribution in [1.82, 2.24) is 0 Å². The van der Waals surface area contributed by atoms with Crippen molar-refractivity contribution < 1.29 is 24.5 Å². The van der Waals surface area contributed by atoms with E-state index in [-0.39, 0.29) is 34.9 Å². The third-order valence-corrected chi connectivity index (χ3v) is 9.00. The Morgan fingerprint density at radius 1 is 1.29 bits per heavy atom. The van der Waals surface area contributed by atoms with Crippen LogP contribution < -0.4 is 0 Å². The van der Waals surface area contributed by atoms with Crippen molar-refractivity contribution in [3.8, 4) is 0 Å². The maximum Gasteiger partial charge on any atom is 0.332 e. The van der Waals surface area contributed by atoms with Gasteiger partial charge in [0.05, 0.1) is 6.10 Å². The van der Waals surface area contributed by atoms with Crippen LogP contribution in [-0.4, -0.2) is 40.8 Å². The van der Waals surface area contributed by atoms with Gasteiger partial charge >= 0.3 is 5.97 Å². The SMILES string of the molecule is C=C[C@]1(C)C[C@@H](OC(=O)CO)[C@]2(C)[C@H](C)CC[C@]3(C[C@H](C)C(=O)[C@H]32)[C@@H](C)[C@@H]1O. The number of aliphatic hydroxyl groups excluding tert-OH is 2. The van der Waals surface area contributed by atoms with Crippen LogP contribution in [0.2, 0.25) is 0 Å². The fraction of sp³-hybridized carbons (Fsp3) is 0.826. The van der Waals surface area contributed by atoms with Crippen molar-refractivity contribution in [1.29, 1.82) is 0 Å². The first-order valence-corrected chi connectivity index (χ1v) is 10.6. The zero-order valence-corrected chi connectivity index (χ0v) is 17.9. The highest BCUT2D eigenvalue weighted by molar-refractivity contribution is 5.87. The molecular formula is C23H36O5. The Labute approximate surface area is 168 Å². The zero-order valence-electron chi connectivity index (χ0n) is 17.9. The van der Waals surface area contributed by atoms with E-state index in [0.29, 0.717) is 6.42 Å². The predicted molar refractivity (Wildman–Crippen MR) is 106 cm³/mol. The second-order valence-electron chi connectivity index (χ2n) is 10.3. The van der Waals surface area contributed by atoms with Gasteiger partial charge in [0.2, 0.25) is 0 Å². The summed E-state index contributed by atoms with van der Waals surface area (Å²) in [6.45, 7) is 13.6. The summed E-state index contributed by atoms with van der Waals surface area (Å²) in [7, 11) is 0. The molecule has 0 spiro atoms. The molecule has 0 aromatic heterocycles. The van der Waals surface area contributed by atoms with Crippen molar-refractivity contribution >= 4 is 11.8 Å². The molecule has 5 nitrogen and oxygen atoms in total. The van der Waals surface area contributed by atoms with Crippen LogP contribution in [0.3, 0.4) is 0 Å². The molecule has 3 aliphatic carbocycles. The molecule has 158 valence electrons. The standard InChI is InChI=1S/C23H36O5/c1-7-21(5)11-16(28-17(25)12-24)22(6)14(3)8-9-23(15(4)20(21)27)10-13(2)18(26)19(22)23/h7,13-16,19-20,24,27H,1,8-12H2,2-6H3/t13-,14+,15-,16+,19-,20-,21+,22-,23-/m0/s1. The van der Waals surface area contributed by atoms with Crippen LogP contribution in [0.4, 0.5) is 0 Å². The molecule has 9 atom stereocenters. The van der Waals surface area contributed by atoms with Crippen LogP contribution >= 0.6 is 0 Å². The van der Waals surface area contributed by atoms with Crippen molar-refractivity contribution in [2.45, 2.75) is 72.5 Å². The van der Waals surface area contributed by atoms with Crippen LogP contribution in [0.15, 0.2) is 12.7 Å². The highest BCUT2D eigenvalue weighted by Gasteiger charge is 2.69. The normalized spacial score (nSPS) is 51.0. The maximum atomic E-state index is 13.5. The van der Waals surface area contributed by atoms with Gasteiger partial charge in [-0.05, 0) is 42.9 Å². The summed E-state index contributed by atoms with van der Waals surface area (Å²) in [5.74, 6) is -0.632. The Morgan fingerprint density at radius 2 is 1.93 bits per heavy atom. The predicted octanol–water partition coefficient (Wildman–Crippen LogP) is 3.13. The van der Waals surface area contributed by atoms with Crippen molar-refractivity contribution in [3.05, 3.63) is 12.7 Å². The van der Waals surface area contributed by atoms with E-state index >= 15 is 0 Å². The van der Waals surface area contributed by atoms with Crippen LogP contribution in [0.1, 0.15) is 60.3 Å². The fourth-order valence-electron chi connectivity index (χ4n) is 6.98. The number of hydrogen-bond donors (Lipinski definition) is 2. The smallest absolute Gasteiger partial charge is 0.332 e. The van der Waals surface area contributed by atoms with Crippen molar-refractivity contribution in [3.63, 3.8) is 0 Å². The van der Waals surface area contributed by atoms with E-state index in [4.69, 9.17) is 4.74 Å². The zero-order chi connectivity index (χ0) is 21.1. The number of aliphatic hydroxyl groups is 2. The summed E-state index contributed by atoms with van der Waals surface area (Å²) in [4.78, 5) is 25.6. The second-order valence-corrected chi connectivity index (χ2v) is 10.3. The van der Waals surface area contributed by atoms with Gasteiger partial charge < -0.3 is 14.9 Å². The lowest BCUT2D eigenvalue weighted by Gasteiger charge is -2.61. The molecule has 3 saturated carbocycles. The fourth-order valence-corrected chi connectivity index (χ4v) is 6.98. The van der Waals surface area contributed by atoms with E-state index in [9.17, 15) is 19.8 Å². The lowest BCUT2D eigenvalue weighted by molar-refractivity contribution is -0.207. The summed E-state index contributed by atoms with van der Waals surface area (Å²) < 4.78 is 5.80. The molecule has 0 aromatic carbocycles. The molecule has 0 aromatic rings. The van der Waals surface area contributed by atoms with Gasteiger partial charge in [0.15, 0.2) is 0 Å².